The molecule has 1 aromatic rings. The number of anilines is 1. The summed E-state index contributed by atoms with van der Waals surface area (Å²) >= 11 is 1.52. The van der Waals surface area contributed by atoms with Crippen LogP contribution in [0.1, 0.15) is 20.8 Å². The summed E-state index contributed by atoms with van der Waals surface area (Å²) in [5, 5.41) is 3.51. The minimum atomic E-state index is -0.487. The van der Waals surface area contributed by atoms with E-state index in [1.54, 1.807) is 18.3 Å². The first-order valence-electron chi connectivity index (χ1n) is 4.91. The molecule has 0 aromatic carbocycles. The average molecular weight is 240 g/mol. The van der Waals surface area contributed by atoms with E-state index >= 15 is 0 Å². The summed E-state index contributed by atoms with van der Waals surface area (Å²) in [5.74, 6) is 0. The predicted octanol–water partition coefficient (Wildman–Crippen LogP) is 3.15. The molecule has 0 bridgehead atoms. The molecular weight excluding hydrogens is 224 g/mol. The fourth-order valence-corrected chi connectivity index (χ4v) is 1.43. The lowest BCUT2D eigenvalue weighted by atomic mass is 10.2. The molecule has 0 saturated carbocycles. The summed E-state index contributed by atoms with van der Waals surface area (Å²) in [4.78, 5) is 15.6. The van der Waals surface area contributed by atoms with Crippen LogP contribution in [0.2, 0.25) is 0 Å². The number of nitrogens with one attached hydrogen (secondary N) is 1. The Morgan fingerprint density at radius 2 is 2.19 bits per heavy atom. The van der Waals surface area contributed by atoms with E-state index in [2.05, 4.69) is 10.3 Å². The van der Waals surface area contributed by atoms with Crippen LogP contribution in [0.25, 0.3) is 0 Å². The fourth-order valence-electron chi connectivity index (χ4n) is 1.02. The highest BCUT2D eigenvalue weighted by Crippen LogP contribution is 2.17. The molecule has 0 radical (unpaired) electrons. The maximum Gasteiger partial charge on any atom is 0.412 e. The van der Waals surface area contributed by atoms with Crippen molar-refractivity contribution in [3.8, 4) is 0 Å². The molecule has 0 spiro atoms. The van der Waals surface area contributed by atoms with Gasteiger partial charge < -0.3 is 4.74 Å². The molecule has 1 amide bonds. The summed E-state index contributed by atoms with van der Waals surface area (Å²) in [5.41, 5.74) is 0.202. The van der Waals surface area contributed by atoms with E-state index in [1.807, 2.05) is 27.0 Å². The van der Waals surface area contributed by atoms with Gasteiger partial charge in [0, 0.05) is 11.9 Å². The molecule has 0 atom stereocenters. The maximum absolute atomic E-state index is 11.5. The van der Waals surface area contributed by atoms with E-state index in [-0.39, 0.29) is 0 Å². The van der Waals surface area contributed by atoms with Gasteiger partial charge in [0.2, 0.25) is 0 Å². The van der Waals surface area contributed by atoms with Gasteiger partial charge >= 0.3 is 6.09 Å². The number of rotatable bonds is 2. The van der Waals surface area contributed by atoms with Crippen molar-refractivity contribution >= 4 is 23.5 Å². The number of nitrogens with zero attached hydrogens (tertiary/aromatic N) is 1. The highest BCUT2D eigenvalue weighted by molar-refractivity contribution is 7.98. The second-order valence-electron chi connectivity index (χ2n) is 4.21. The van der Waals surface area contributed by atoms with Gasteiger partial charge in [-0.2, -0.15) is 0 Å². The van der Waals surface area contributed by atoms with Gasteiger partial charge in [-0.15, -0.1) is 11.8 Å². The van der Waals surface area contributed by atoms with Gasteiger partial charge in [-0.3, -0.25) is 5.32 Å². The number of carbonyl (C=O) groups is 1. The van der Waals surface area contributed by atoms with Crippen LogP contribution in [0.15, 0.2) is 23.4 Å². The van der Waals surface area contributed by atoms with E-state index in [0.717, 1.165) is 5.03 Å². The third kappa shape index (κ3) is 4.53. The first-order chi connectivity index (χ1) is 7.40. The molecule has 1 N–H and O–H groups in total. The van der Waals surface area contributed by atoms with E-state index in [9.17, 15) is 4.79 Å². The summed E-state index contributed by atoms with van der Waals surface area (Å²) in [7, 11) is 0. The monoisotopic (exact) mass is 240 g/mol. The Hall–Kier alpha value is -1.23. The number of ether oxygens (including phenoxy) is 1. The van der Waals surface area contributed by atoms with Crippen molar-refractivity contribution in [2.45, 2.75) is 31.4 Å². The van der Waals surface area contributed by atoms with Crippen LogP contribution < -0.4 is 5.32 Å². The van der Waals surface area contributed by atoms with Gasteiger partial charge in [0.05, 0.1) is 5.03 Å². The summed E-state index contributed by atoms with van der Waals surface area (Å²) < 4.78 is 5.14. The van der Waals surface area contributed by atoms with Crippen molar-refractivity contribution in [1.29, 1.82) is 0 Å². The van der Waals surface area contributed by atoms with Gasteiger partial charge in [0.1, 0.15) is 5.60 Å². The van der Waals surface area contributed by atoms with Gasteiger partial charge in [0.15, 0.2) is 0 Å². The Kier molecular flexibility index (Phi) is 4.18. The van der Waals surface area contributed by atoms with E-state index < -0.39 is 11.7 Å². The fraction of sp³-hybridized carbons (Fsp3) is 0.455. The minimum absolute atomic E-state index is 0.453. The molecule has 1 aromatic heterocycles. The lowest BCUT2D eigenvalue weighted by Gasteiger charge is -2.19. The van der Waals surface area contributed by atoms with Gasteiger partial charge in [-0.25, -0.2) is 9.78 Å². The molecule has 0 aliphatic heterocycles. The number of aromatic nitrogens is 1. The van der Waals surface area contributed by atoms with Crippen molar-refractivity contribution in [2.24, 2.45) is 0 Å². The first kappa shape index (κ1) is 12.8. The predicted molar refractivity (Wildman–Crippen MR) is 65.9 cm³/mol. The number of hydrogen-bond donors (Lipinski definition) is 1. The highest BCUT2D eigenvalue weighted by atomic mass is 32.2. The van der Waals surface area contributed by atoms with Crippen LogP contribution in [0, 0.1) is 0 Å². The quantitative estimate of drug-likeness (QED) is 0.807. The largest absolute Gasteiger partial charge is 0.444 e. The normalized spacial score (nSPS) is 11.0. The van der Waals surface area contributed by atoms with Crippen LogP contribution >= 0.6 is 11.8 Å². The van der Waals surface area contributed by atoms with E-state index in [1.165, 1.54) is 11.8 Å². The zero-order chi connectivity index (χ0) is 12.2. The van der Waals surface area contributed by atoms with Crippen molar-refractivity contribution < 1.29 is 9.53 Å². The third-order valence-corrected chi connectivity index (χ3v) is 2.23. The van der Waals surface area contributed by atoms with Crippen LogP contribution in [-0.4, -0.2) is 22.9 Å². The number of thioether (sulfide) groups is 1. The van der Waals surface area contributed by atoms with Crippen molar-refractivity contribution in [2.75, 3.05) is 11.6 Å². The molecule has 88 valence electrons. The van der Waals surface area contributed by atoms with Gasteiger partial charge in [-0.1, -0.05) is 0 Å². The molecule has 0 saturated heterocycles. The Labute approximate surface area is 99.8 Å². The van der Waals surface area contributed by atoms with E-state index in [0.29, 0.717) is 5.69 Å². The molecule has 0 unspecified atom stereocenters. The van der Waals surface area contributed by atoms with E-state index in [4.69, 9.17) is 4.74 Å². The second-order valence-corrected chi connectivity index (χ2v) is 5.04. The van der Waals surface area contributed by atoms with Crippen LogP contribution in [0.3, 0.4) is 0 Å². The summed E-state index contributed by atoms with van der Waals surface area (Å²) in [6.07, 6.45) is 3.13. The molecule has 0 fully saturated rings. The Morgan fingerprint density at radius 1 is 1.50 bits per heavy atom. The smallest absolute Gasteiger partial charge is 0.412 e. The SMILES string of the molecule is CSc1cc(NC(=O)OC(C)(C)C)ccn1. The van der Waals surface area contributed by atoms with Crippen LogP contribution in [0.5, 0.6) is 0 Å². The third-order valence-electron chi connectivity index (χ3n) is 1.59. The zero-order valence-electron chi connectivity index (χ0n) is 9.90. The standard InChI is InChI=1S/C11H16N2O2S/c1-11(2,3)15-10(14)13-8-5-6-12-9(7-8)16-4/h5-7H,1-4H3,(H,12,13,14). The average Bonchev–Trinajstić information content (AvgIpc) is 2.15. The Morgan fingerprint density at radius 3 is 2.75 bits per heavy atom. The summed E-state index contributed by atoms with van der Waals surface area (Å²) in [6, 6.07) is 3.53. The second kappa shape index (κ2) is 5.21. The topological polar surface area (TPSA) is 51.2 Å². The Balaban J connectivity index is 2.62. The molecule has 0 aliphatic carbocycles. The lowest BCUT2D eigenvalue weighted by molar-refractivity contribution is 0.0636. The Bertz CT molecular complexity index is 374. The molecule has 5 heteroatoms. The first-order valence-corrected chi connectivity index (χ1v) is 6.13. The van der Waals surface area contributed by atoms with Crippen molar-refractivity contribution in [1.82, 2.24) is 4.98 Å². The molecule has 1 heterocycles. The number of hydrogen-bond acceptors (Lipinski definition) is 4. The van der Waals surface area contributed by atoms with Gasteiger partial charge in [0.25, 0.3) is 0 Å². The molecule has 1 rings (SSSR count). The zero-order valence-corrected chi connectivity index (χ0v) is 10.7. The molecule has 0 aliphatic rings. The highest BCUT2D eigenvalue weighted by Gasteiger charge is 2.16. The van der Waals surface area contributed by atoms with Crippen LogP contribution in [-0.2, 0) is 4.74 Å². The van der Waals surface area contributed by atoms with Crippen molar-refractivity contribution in [3.05, 3.63) is 18.3 Å². The van der Waals surface area contributed by atoms with Crippen LogP contribution in [0.4, 0.5) is 10.5 Å². The van der Waals surface area contributed by atoms with Gasteiger partial charge in [-0.05, 0) is 39.2 Å². The summed E-state index contributed by atoms with van der Waals surface area (Å²) in [6.45, 7) is 5.48. The lowest BCUT2D eigenvalue weighted by Crippen LogP contribution is -2.27. The molecular formula is C11H16N2O2S. The molecule has 16 heavy (non-hydrogen) atoms. The maximum atomic E-state index is 11.5. The number of pyridine rings is 1. The van der Waals surface area contributed by atoms with Crippen molar-refractivity contribution in [3.63, 3.8) is 0 Å². The number of carbonyl (C=O) groups excluding carboxylic acids is 1. The number of amides is 1. The minimum Gasteiger partial charge on any atom is -0.444 e. The molecule has 4 nitrogen and oxygen atoms in total.